The van der Waals surface area contributed by atoms with Gasteiger partial charge in [-0.05, 0) is 44.2 Å². The Morgan fingerprint density at radius 2 is 1.96 bits per heavy atom. The summed E-state index contributed by atoms with van der Waals surface area (Å²) in [7, 11) is 0. The highest BCUT2D eigenvalue weighted by atomic mass is 127. The molecule has 0 aliphatic carbocycles. The van der Waals surface area contributed by atoms with Crippen molar-refractivity contribution >= 4 is 46.0 Å². The van der Waals surface area contributed by atoms with Crippen LogP contribution >= 0.6 is 23.4 Å². The molecule has 2 aromatic carbocycles. The van der Waals surface area contributed by atoms with E-state index in [0.717, 1.165) is 23.8 Å². The van der Waals surface area contributed by atoms with Crippen molar-refractivity contribution in [1.29, 1.82) is 0 Å². The van der Waals surface area contributed by atoms with Gasteiger partial charge in [-0.15, -0.1) is 6.58 Å². The molecule has 0 unspecified atom stereocenters. The molecule has 0 saturated heterocycles. The first-order valence-electron chi connectivity index (χ1n) is 9.11. The highest BCUT2D eigenvalue weighted by Gasteiger charge is 2.26. The first-order chi connectivity index (χ1) is 13.1. The number of aromatic nitrogens is 1. The molecule has 0 bridgehead atoms. The van der Waals surface area contributed by atoms with E-state index >= 15 is 0 Å². The Morgan fingerprint density at radius 3 is 2.71 bits per heavy atom. The van der Waals surface area contributed by atoms with Gasteiger partial charge in [0.1, 0.15) is 6.54 Å². The molecule has 144 valence electrons. The average molecular weight is 521 g/mol. The smallest absolute Gasteiger partial charge is 0.212 e. The van der Waals surface area contributed by atoms with Gasteiger partial charge in [0.2, 0.25) is 11.2 Å². The standard InChI is InChI=1S/C23H22ClN2S.HI/c1-4-12-26-21-14-18(24)8-11-22(21)27-23(26)15-19-9-7-17-13-16(3)6-10-20(17)25(19)5-2;/h4,6-11,13-15H,1,5,12H2,2-3H3;1H/q+1;/p-1. The minimum atomic E-state index is 0. The second-order valence-electron chi connectivity index (χ2n) is 6.66. The number of anilines is 1. The molecule has 0 spiro atoms. The van der Waals surface area contributed by atoms with Gasteiger partial charge in [0.15, 0.2) is 0 Å². The molecular formula is C23H22ClIN2S. The summed E-state index contributed by atoms with van der Waals surface area (Å²) in [5.74, 6) is 0. The Hall–Kier alpha value is -1.50. The molecule has 2 heterocycles. The van der Waals surface area contributed by atoms with Crippen molar-refractivity contribution in [2.45, 2.75) is 25.3 Å². The summed E-state index contributed by atoms with van der Waals surface area (Å²) in [6, 6.07) is 17.1. The number of fused-ring (bicyclic) bond motifs is 2. The van der Waals surface area contributed by atoms with E-state index in [4.69, 9.17) is 11.6 Å². The molecule has 0 atom stereocenters. The van der Waals surface area contributed by atoms with Crippen LogP contribution in [0.1, 0.15) is 18.2 Å². The zero-order valence-corrected chi connectivity index (χ0v) is 19.7. The summed E-state index contributed by atoms with van der Waals surface area (Å²) in [4.78, 5) is 3.50. The minimum absolute atomic E-state index is 0. The highest BCUT2D eigenvalue weighted by molar-refractivity contribution is 8.03. The Morgan fingerprint density at radius 1 is 1.14 bits per heavy atom. The number of pyridine rings is 1. The number of thioether (sulfide) groups is 1. The molecule has 4 rings (SSSR count). The summed E-state index contributed by atoms with van der Waals surface area (Å²) < 4.78 is 2.37. The number of halogens is 2. The monoisotopic (exact) mass is 520 g/mol. The summed E-state index contributed by atoms with van der Waals surface area (Å²) in [5, 5.41) is 3.23. The molecule has 2 nitrogen and oxygen atoms in total. The first kappa shape index (κ1) is 21.2. The number of nitrogens with zero attached hydrogens (tertiary/aromatic N) is 2. The maximum absolute atomic E-state index is 6.24. The first-order valence-corrected chi connectivity index (χ1v) is 10.3. The van der Waals surface area contributed by atoms with Gasteiger partial charge in [-0.3, -0.25) is 0 Å². The van der Waals surface area contributed by atoms with Crippen LogP contribution in [-0.4, -0.2) is 6.54 Å². The maximum Gasteiger partial charge on any atom is 0.212 e. The third-order valence-corrected chi connectivity index (χ3v) is 6.16. The van der Waals surface area contributed by atoms with E-state index < -0.39 is 0 Å². The number of benzene rings is 2. The fraction of sp³-hybridized carbons (Fsp3) is 0.174. The van der Waals surface area contributed by atoms with Crippen LogP contribution in [0.3, 0.4) is 0 Å². The predicted octanol–water partition coefficient (Wildman–Crippen LogP) is 3.21. The van der Waals surface area contributed by atoms with Gasteiger partial charge in [-0.25, -0.2) is 0 Å². The van der Waals surface area contributed by atoms with Gasteiger partial charge in [-0.2, -0.15) is 4.57 Å². The number of hydrogen-bond acceptors (Lipinski definition) is 2. The lowest BCUT2D eigenvalue weighted by Crippen LogP contribution is -3.00. The molecule has 0 amide bonds. The van der Waals surface area contributed by atoms with Gasteiger partial charge >= 0.3 is 0 Å². The van der Waals surface area contributed by atoms with E-state index in [2.05, 4.69) is 72.4 Å². The molecule has 28 heavy (non-hydrogen) atoms. The largest absolute Gasteiger partial charge is 1.00 e. The summed E-state index contributed by atoms with van der Waals surface area (Å²) >= 11 is 8.02. The zero-order chi connectivity index (χ0) is 19.0. The van der Waals surface area contributed by atoms with Crippen LogP contribution in [0, 0.1) is 6.92 Å². The molecule has 0 radical (unpaired) electrons. The Bertz CT molecular complexity index is 1080. The van der Waals surface area contributed by atoms with Crippen LogP contribution in [-0.2, 0) is 6.54 Å². The van der Waals surface area contributed by atoms with Crippen molar-refractivity contribution in [1.82, 2.24) is 0 Å². The molecule has 5 heteroatoms. The maximum atomic E-state index is 6.24. The number of hydrogen-bond donors (Lipinski definition) is 0. The minimum Gasteiger partial charge on any atom is -1.00 e. The second-order valence-corrected chi connectivity index (χ2v) is 8.16. The van der Waals surface area contributed by atoms with Crippen molar-refractivity contribution in [3.8, 4) is 0 Å². The van der Waals surface area contributed by atoms with Gasteiger partial charge < -0.3 is 28.9 Å². The van der Waals surface area contributed by atoms with Gasteiger partial charge in [0, 0.05) is 40.1 Å². The van der Waals surface area contributed by atoms with Gasteiger partial charge in [0.25, 0.3) is 0 Å². The summed E-state index contributed by atoms with van der Waals surface area (Å²) in [5.41, 5.74) is 4.89. The van der Waals surface area contributed by atoms with Crippen molar-refractivity contribution in [2.24, 2.45) is 0 Å². The van der Waals surface area contributed by atoms with Crippen LogP contribution < -0.4 is 33.4 Å². The molecule has 1 aliphatic rings. The van der Waals surface area contributed by atoms with Crippen LogP contribution in [0.5, 0.6) is 0 Å². The highest BCUT2D eigenvalue weighted by Crippen LogP contribution is 2.47. The van der Waals surface area contributed by atoms with Gasteiger partial charge in [-0.1, -0.05) is 41.1 Å². The molecule has 1 aliphatic heterocycles. The van der Waals surface area contributed by atoms with E-state index in [1.807, 2.05) is 18.2 Å². The molecule has 0 N–H and O–H groups in total. The third kappa shape index (κ3) is 3.95. The molecule has 0 fully saturated rings. The van der Waals surface area contributed by atoms with Crippen LogP contribution in [0.25, 0.3) is 17.0 Å². The van der Waals surface area contributed by atoms with Gasteiger partial charge in [0.05, 0.1) is 10.7 Å². The van der Waals surface area contributed by atoms with Crippen LogP contribution in [0.15, 0.2) is 71.1 Å². The Balaban J connectivity index is 0.00000225. The van der Waals surface area contributed by atoms with Crippen LogP contribution in [0.2, 0.25) is 5.02 Å². The van der Waals surface area contributed by atoms with E-state index in [-0.39, 0.29) is 24.0 Å². The van der Waals surface area contributed by atoms with Crippen molar-refractivity contribution < 1.29 is 28.5 Å². The van der Waals surface area contributed by atoms with Crippen LogP contribution in [0.4, 0.5) is 5.69 Å². The topological polar surface area (TPSA) is 7.12 Å². The second kappa shape index (κ2) is 8.89. The number of rotatable bonds is 4. The quantitative estimate of drug-likeness (QED) is 0.296. The lowest BCUT2D eigenvalue weighted by Gasteiger charge is -2.18. The lowest BCUT2D eigenvalue weighted by atomic mass is 10.1. The third-order valence-electron chi connectivity index (χ3n) is 4.81. The zero-order valence-electron chi connectivity index (χ0n) is 16.0. The molecule has 0 saturated carbocycles. The predicted molar refractivity (Wildman–Crippen MR) is 117 cm³/mol. The fourth-order valence-corrected chi connectivity index (χ4v) is 4.83. The van der Waals surface area contributed by atoms with Crippen molar-refractivity contribution in [3.63, 3.8) is 0 Å². The molecule has 3 aromatic rings. The fourth-order valence-electron chi connectivity index (χ4n) is 3.56. The lowest BCUT2D eigenvalue weighted by molar-refractivity contribution is -0.669. The van der Waals surface area contributed by atoms with E-state index in [0.29, 0.717) is 0 Å². The summed E-state index contributed by atoms with van der Waals surface area (Å²) in [6.07, 6.45) is 4.20. The van der Waals surface area contributed by atoms with E-state index in [1.165, 1.54) is 32.1 Å². The molecule has 1 aromatic heterocycles. The summed E-state index contributed by atoms with van der Waals surface area (Å²) in [6.45, 7) is 9.93. The van der Waals surface area contributed by atoms with E-state index in [9.17, 15) is 0 Å². The SMILES string of the molecule is C=CCN1/C(=C/c2ccc3cc(C)ccc3[n+]2CC)Sc2ccc(Cl)cc21.[I-]. The Labute approximate surface area is 192 Å². The Kier molecular flexibility index (Phi) is 6.73. The normalized spacial score (nSPS) is 14.2. The average Bonchev–Trinajstić information content (AvgIpc) is 2.98. The number of aryl methyl sites for hydroxylation is 2. The van der Waals surface area contributed by atoms with E-state index in [1.54, 1.807) is 11.8 Å². The van der Waals surface area contributed by atoms with Crippen molar-refractivity contribution in [2.75, 3.05) is 11.4 Å². The molecular weight excluding hydrogens is 499 g/mol. The van der Waals surface area contributed by atoms with Crippen molar-refractivity contribution in [3.05, 3.63) is 82.5 Å².